The van der Waals surface area contributed by atoms with Crippen LogP contribution in [-0.4, -0.2) is 22.4 Å². The Labute approximate surface area is 115 Å². The SMILES string of the molecule is CCCCCCCCCCCCC(=O)N(O)N=C=O. The fourth-order valence-electron chi connectivity index (χ4n) is 1.96. The summed E-state index contributed by atoms with van der Waals surface area (Å²) in [6.45, 7) is 2.22. The van der Waals surface area contributed by atoms with E-state index in [1.165, 1.54) is 44.9 Å². The number of carbonyl (C=O) groups excluding carboxylic acids is 2. The number of rotatable bonds is 12. The van der Waals surface area contributed by atoms with Gasteiger partial charge in [0, 0.05) is 6.42 Å². The van der Waals surface area contributed by atoms with Crippen LogP contribution in [0, 0.1) is 0 Å². The Hall–Kier alpha value is -1.19. The van der Waals surface area contributed by atoms with Gasteiger partial charge in [0.15, 0.2) is 0 Å². The first kappa shape index (κ1) is 17.8. The average Bonchev–Trinajstić information content (AvgIpc) is 2.41. The summed E-state index contributed by atoms with van der Waals surface area (Å²) in [4.78, 5) is 21.0. The fourth-order valence-corrected chi connectivity index (χ4v) is 1.96. The molecule has 0 atom stereocenters. The lowest BCUT2D eigenvalue weighted by Gasteiger charge is -2.05. The monoisotopic (exact) mass is 270 g/mol. The van der Waals surface area contributed by atoms with Gasteiger partial charge in [0.2, 0.25) is 0 Å². The minimum absolute atomic E-state index is 0.0702. The molecular weight excluding hydrogens is 244 g/mol. The highest BCUT2D eigenvalue weighted by Gasteiger charge is 2.08. The highest BCUT2D eigenvalue weighted by Crippen LogP contribution is 2.11. The van der Waals surface area contributed by atoms with E-state index in [1.807, 2.05) is 0 Å². The molecular formula is C14H26N2O3. The minimum atomic E-state index is -0.553. The van der Waals surface area contributed by atoms with E-state index in [1.54, 1.807) is 0 Å². The third-order valence-electron chi connectivity index (χ3n) is 3.10. The molecule has 0 heterocycles. The van der Waals surface area contributed by atoms with E-state index in [2.05, 4.69) is 12.0 Å². The molecule has 0 rings (SSSR count). The van der Waals surface area contributed by atoms with E-state index >= 15 is 0 Å². The lowest BCUT2D eigenvalue weighted by Crippen LogP contribution is -2.20. The highest BCUT2D eigenvalue weighted by atomic mass is 16.5. The number of nitrogens with zero attached hydrogens (tertiary/aromatic N) is 2. The van der Waals surface area contributed by atoms with Crippen molar-refractivity contribution in [3.05, 3.63) is 0 Å². The van der Waals surface area contributed by atoms with Crippen LogP contribution < -0.4 is 0 Å². The molecule has 0 unspecified atom stereocenters. The smallest absolute Gasteiger partial charge is 0.269 e. The van der Waals surface area contributed by atoms with Crippen molar-refractivity contribution in [3.8, 4) is 0 Å². The summed E-state index contributed by atoms with van der Waals surface area (Å²) in [7, 11) is 0. The van der Waals surface area contributed by atoms with Crippen molar-refractivity contribution in [2.75, 3.05) is 0 Å². The molecule has 5 nitrogen and oxygen atoms in total. The van der Waals surface area contributed by atoms with Gasteiger partial charge in [0.05, 0.1) is 0 Å². The Kier molecular flexibility index (Phi) is 12.4. The Morgan fingerprint density at radius 3 is 1.95 bits per heavy atom. The second kappa shape index (κ2) is 13.2. The third-order valence-corrected chi connectivity index (χ3v) is 3.10. The number of hydroxylamine groups is 1. The first-order valence-electron chi connectivity index (χ1n) is 7.32. The van der Waals surface area contributed by atoms with Crippen LogP contribution in [0.15, 0.2) is 5.10 Å². The van der Waals surface area contributed by atoms with E-state index < -0.39 is 5.91 Å². The van der Waals surface area contributed by atoms with Gasteiger partial charge in [-0.25, -0.2) is 4.79 Å². The number of amides is 1. The van der Waals surface area contributed by atoms with Crippen LogP contribution in [0.4, 0.5) is 0 Å². The molecule has 0 saturated carbocycles. The normalized spacial score (nSPS) is 10.0. The summed E-state index contributed by atoms with van der Waals surface area (Å²) in [6.07, 6.45) is 13.2. The number of hydrogen-bond donors (Lipinski definition) is 1. The Bertz CT molecular complexity index is 276. The zero-order valence-corrected chi connectivity index (χ0v) is 11.9. The first-order chi connectivity index (χ1) is 9.22. The summed E-state index contributed by atoms with van der Waals surface area (Å²) in [6, 6.07) is 0. The van der Waals surface area contributed by atoms with Gasteiger partial charge >= 0.3 is 0 Å². The van der Waals surface area contributed by atoms with E-state index in [0.29, 0.717) is 0 Å². The van der Waals surface area contributed by atoms with Crippen LogP contribution in [0.1, 0.15) is 77.6 Å². The number of unbranched alkanes of at least 4 members (excludes halogenated alkanes) is 9. The summed E-state index contributed by atoms with van der Waals surface area (Å²) >= 11 is 0. The summed E-state index contributed by atoms with van der Waals surface area (Å²) < 4.78 is 0. The van der Waals surface area contributed by atoms with E-state index in [-0.39, 0.29) is 11.6 Å². The van der Waals surface area contributed by atoms with Crippen LogP contribution >= 0.6 is 0 Å². The van der Waals surface area contributed by atoms with Gasteiger partial charge in [-0.05, 0) is 6.42 Å². The van der Waals surface area contributed by atoms with Crippen LogP contribution in [0.5, 0.6) is 0 Å². The quantitative estimate of drug-likeness (QED) is 0.193. The molecule has 0 radical (unpaired) electrons. The van der Waals surface area contributed by atoms with Crippen molar-refractivity contribution in [1.82, 2.24) is 5.17 Å². The molecule has 1 N–H and O–H groups in total. The standard InChI is InChI=1S/C14H26N2O3/c1-2-3-4-5-6-7-8-9-10-11-12-14(18)16(19)15-13-17/h19H,2-12H2,1H3. The number of carbonyl (C=O) groups is 1. The van der Waals surface area contributed by atoms with Crippen LogP contribution in [-0.2, 0) is 9.59 Å². The molecule has 0 bridgehead atoms. The second-order valence-electron chi connectivity index (χ2n) is 4.81. The van der Waals surface area contributed by atoms with Gasteiger partial charge in [-0.15, -0.1) is 0 Å². The summed E-state index contributed by atoms with van der Waals surface area (Å²) in [5, 5.41) is 11.8. The lowest BCUT2D eigenvalue weighted by molar-refractivity contribution is -0.165. The molecule has 0 aromatic rings. The molecule has 0 aliphatic rings. The molecule has 110 valence electrons. The van der Waals surface area contributed by atoms with Gasteiger partial charge in [-0.1, -0.05) is 75.0 Å². The lowest BCUT2D eigenvalue weighted by atomic mass is 10.1. The van der Waals surface area contributed by atoms with Crippen molar-refractivity contribution in [1.29, 1.82) is 0 Å². The van der Waals surface area contributed by atoms with Crippen molar-refractivity contribution in [2.45, 2.75) is 77.6 Å². The van der Waals surface area contributed by atoms with Gasteiger partial charge in [-0.3, -0.25) is 10.0 Å². The van der Waals surface area contributed by atoms with Gasteiger partial charge < -0.3 is 0 Å². The van der Waals surface area contributed by atoms with Gasteiger partial charge in [0.25, 0.3) is 12.0 Å². The number of hydrogen-bond acceptors (Lipinski definition) is 4. The van der Waals surface area contributed by atoms with Gasteiger partial charge in [0.1, 0.15) is 0 Å². The van der Waals surface area contributed by atoms with Crippen LogP contribution in [0.25, 0.3) is 0 Å². The molecule has 1 amide bonds. The molecule has 0 aliphatic heterocycles. The first-order valence-corrected chi connectivity index (χ1v) is 7.32. The van der Waals surface area contributed by atoms with Crippen LogP contribution in [0.2, 0.25) is 0 Å². The molecule has 0 saturated heterocycles. The molecule has 0 aliphatic carbocycles. The Morgan fingerprint density at radius 1 is 1.00 bits per heavy atom. The molecule has 0 spiro atoms. The average molecular weight is 270 g/mol. The van der Waals surface area contributed by atoms with Crippen LogP contribution in [0.3, 0.4) is 0 Å². The van der Waals surface area contributed by atoms with E-state index in [9.17, 15) is 9.59 Å². The molecule has 0 aromatic carbocycles. The predicted octanol–water partition coefficient (Wildman–Crippen LogP) is 3.77. The molecule has 19 heavy (non-hydrogen) atoms. The Morgan fingerprint density at radius 2 is 1.47 bits per heavy atom. The maximum Gasteiger partial charge on any atom is 0.269 e. The molecule has 5 heteroatoms. The minimum Gasteiger partial charge on any atom is -0.270 e. The maximum absolute atomic E-state index is 11.2. The number of isocyanates is 1. The zero-order valence-electron chi connectivity index (χ0n) is 11.9. The highest BCUT2D eigenvalue weighted by molar-refractivity contribution is 5.74. The fraction of sp³-hybridized carbons (Fsp3) is 0.857. The van der Waals surface area contributed by atoms with Crippen molar-refractivity contribution < 1.29 is 14.8 Å². The topological polar surface area (TPSA) is 70.0 Å². The second-order valence-corrected chi connectivity index (χ2v) is 4.81. The van der Waals surface area contributed by atoms with Crippen molar-refractivity contribution in [3.63, 3.8) is 0 Å². The van der Waals surface area contributed by atoms with Gasteiger partial charge in [-0.2, -0.15) is 0 Å². The maximum atomic E-state index is 11.2. The predicted molar refractivity (Wildman–Crippen MR) is 73.2 cm³/mol. The van der Waals surface area contributed by atoms with E-state index in [0.717, 1.165) is 25.3 Å². The largest absolute Gasteiger partial charge is 0.270 e. The van der Waals surface area contributed by atoms with E-state index in [4.69, 9.17) is 5.21 Å². The molecule has 0 fully saturated rings. The summed E-state index contributed by atoms with van der Waals surface area (Å²) in [5.41, 5.74) is 0. The number of hydrazone groups is 1. The van der Waals surface area contributed by atoms with Crippen molar-refractivity contribution in [2.24, 2.45) is 5.10 Å². The Balaban J connectivity index is 3.27. The summed E-state index contributed by atoms with van der Waals surface area (Å²) in [5.74, 6) is -0.553. The molecule has 0 aromatic heterocycles. The van der Waals surface area contributed by atoms with Crippen molar-refractivity contribution >= 4 is 12.0 Å². The third kappa shape index (κ3) is 11.6. The zero-order chi connectivity index (χ0) is 14.3.